The van der Waals surface area contributed by atoms with Crippen LogP contribution in [0.25, 0.3) is 0 Å². The van der Waals surface area contributed by atoms with Crippen molar-refractivity contribution in [3.63, 3.8) is 0 Å². The van der Waals surface area contributed by atoms with Crippen molar-refractivity contribution in [2.45, 2.75) is 46.6 Å². The standard InChI is InChI=1S/C16H27N3/c1-4-16(3)9-11-19(12-10-16)13-14-7-6-8-15(18-14)17-5-2/h6-8H,4-5,9-13H2,1-3H3,(H,17,18). The van der Waals surface area contributed by atoms with Gasteiger partial charge in [-0.3, -0.25) is 4.90 Å². The molecule has 1 saturated heterocycles. The molecule has 2 rings (SSSR count). The maximum Gasteiger partial charge on any atom is 0.126 e. The van der Waals surface area contributed by atoms with Gasteiger partial charge in [-0.1, -0.05) is 26.3 Å². The van der Waals surface area contributed by atoms with E-state index in [1.807, 2.05) is 6.07 Å². The third-order valence-corrected chi connectivity index (χ3v) is 4.47. The summed E-state index contributed by atoms with van der Waals surface area (Å²) in [4.78, 5) is 7.20. The van der Waals surface area contributed by atoms with E-state index >= 15 is 0 Å². The SMILES string of the molecule is CCNc1cccc(CN2CCC(C)(CC)CC2)n1. The summed E-state index contributed by atoms with van der Waals surface area (Å²) >= 11 is 0. The first kappa shape index (κ1) is 14.3. The molecular weight excluding hydrogens is 234 g/mol. The molecule has 0 bridgehead atoms. The first-order chi connectivity index (χ1) is 9.15. The van der Waals surface area contributed by atoms with E-state index in [-0.39, 0.29) is 0 Å². The molecule has 0 saturated carbocycles. The van der Waals surface area contributed by atoms with Gasteiger partial charge in [0.1, 0.15) is 5.82 Å². The highest BCUT2D eigenvalue weighted by molar-refractivity contribution is 5.34. The van der Waals surface area contributed by atoms with Crippen LogP contribution in [-0.4, -0.2) is 29.5 Å². The van der Waals surface area contributed by atoms with Crippen molar-refractivity contribution in [1.29, 1.82) is 0 Å². The molecule has 0 aliphatic carbocycles. The van der Waals surface area contributed by atoms with E-state index < -0.39 is 0 Å². The second kappa shape index (κ2) is 6.38. The molecule has 0 aromatic carbocycles. The van der Waals surface area contributed by atoms with E-state index in [2.05, 4.69) is 48.1 Å². The quantitative estimate of drug-likeness (QED) is 0.879. The zero-order valence-corrected chi connectivity index (χ0v) is 12.6. The summed E-state index contributed by atoms with van der Waals surface area (Å²) in [6.07, 6.45) is 3.93. The average molecular weight is 261 g/mol. The van der Waals surface area contributed by atoms with E-state index in [1.54, 1.807) is 0 Å². The van der Waals surface area contributed by atoms with Gasteiger partial charge in [0.25, 0.3) is 0 Å². The van der Waals surface area contributed by atoms with Crippen molar-refractivity contribution < 1.29 is 0 Å². The highest BCUT2D eigenvalue weighted by Gasteiger charge is 2.28. The lowest BCUT2D eigenvalue weighted by Gasteiger charge is -2.38. The summed E-state index contributed by atoms with van der Waals surface area (Å²) in [5, 5.41) is 3.28. The van der Waals surface area contributed by atoms with Gasteiger partial charge >= 0.3 is 0 Å². The minimum Gasteiger partial charge on any atom is -0.370 e. The number of aromatic nitrogens is 1. The molecule has 106 valence electrons. The number of nitrogens with one attached hydrogen (secondary N) is 1. The molecular formula is C16H27N3. The minimum atomic E-state index is 0.565. The number of pyridine rings is 1. The van der Waals surface area contributed by atoms with Crippen LogP contribution in [0.4, 0.5) is 5.82 Å². The molecule has 2 heterocycles. The summed E-state index contributed by atoms with van der Waals surface area (Å²) in [6, 6.07) is 6.27. The third kappa shape index (κ3) is 3.93. The van der Waals surface area contributed by atoms with Crippen molar-refractivity contribution in [2.75, 3.05) is 25.0 Å². The van der Waals surface area contributed by atoms with Crippen molar-refractivity contribution in [3.05, 3.63) is 23.9 Å². The Labute approximate surface area is 117 Å². The molecule has 0 atom stereocenters. The first-order valence-electron chi connectivity index (χ1n) is 7.57. The van der Waals surface area contributed by atoms with Crippen LogP contribution >= 0.6 is 0 Å². The smallest absolute Gasteiger partial charge is 0.126 e. The Morgan fingerprint density at radius 1 is 1.26 bits per heavy atom. The van der Waals surface area contributed by atoms with Crippen LogP contribution in [0.3, 0.4) is 0 Å². The normalized spacial score (nSPS) is 19.3. The Bertz CT molecular complexity index is 395. The number of likely N-dealkylation sites (tertiary alicyclic amines) is 1. The zero-order chi connectivity index (χ0) is 13.7. The lowest BCUT2D eigenvalue weighted by molar-refractivity contribution is 0.109. The summed E-state index contributed by atoms with van der Waals surface area (Å²) in [7, 11) is 0. The number of rotatable bonds is 5. The fraction of sp³-hybridized carbons (Fsp3) is 0.688. The van der Waals surface area contributed by atoms with E-state index in [9.17, 15) is 0 Å². The van der Waals surface area contributed by atoms with Crippen LogP contribution in [0.1, 0.15) is 45.7 Å². The van der Waals surface area contributed by atoms with Gasteiger partial charge in [-0.15, -0.1) is 0 Å². The maximum absolute atomic E-state index is 4.66. The zero-order valence-electron chi connectivity index (χ0n) is 12.6. The van der Waals surface area contributed by atoms with Crippen LogP contribution < -0.4 is 5.32 Å². The van der Waals surface area contributed by atoms with Gasteiger partial charge in [0.2, 0.25) is 0 Å². The van der Waals surface area contributed by atoms with Crippen LogP contribution in [0.2, 0.25) is 0 Å². The third-order valence-electron chi connectivity index (χ3n) is 4.47. The fourth-order valence-electron chi connectivity index (χ4n) is 2.68. The number of hydrogen-bond acceptors (Lipinski definition) is 3. The number of anilines is 1. The van der Waals surface area contributed by atoms with Crippen LogP contribution in [-0.2, 0) is 6.54 Å². The fourth-order valence-corrected chi connectivity index (χ4v) is 2.68. The Balaban J connectivity index is 1.90. The molecule has 1 aromatic rings. The van der Waals surface area contributed by atoms with E-state index in [1.165, 1.54) is 38.0 Å². The molecule has 3 nitrogen and oxygen atoms in total. The number of piperidine rings is 1. The molecule has 19 heavy (non-hydrogen) atoms. The van der Waals surface area contributed by atoms with Crippen LogP contribution in [0.15, 0.2) is 18.2 Å². The lowest BCUT2D eigenvalue weighted by Crippen LogP contribution is -2.38. The molecule has 1 aliphatic rings. The van der Waals surface area contributed by atoms with Crippen molar-refractivity contribution in [1.82, 2.24) is 9.88 Å². The summed E-state index contributed by atoms with van der Waals surface area (Å²) in [5.74, 6) is 0.996. The van der Waals surface area contributed by atoms with Gasteiger partial charge in [0, 0.05) is 13.1 Å². The highest BCUT2D eigenvalue weighted by Crippen LogP contribution is 2.34. The molecule has 1 aromatic heterocycles. The lowest BCUT2D eigenvalue weighted by atomic mass is 9.78. The van der Waals surface area contributed by atoms with Gasteiger partial charge in [-0.05, 0) is 50.4 Å². The van der Waals surface area contributed by atoms with Gasteiger partial charge in [-0.25, -0.2) is 4.98 Å². The topological polar surface area (TPSA) is 28.2 Å². The van der Waals surface area contributed by atoms with E-state index in [0.29, 0.717) is 5.41 Å². The van der Waals surface area contributed by atoms with E-state index in [0.717, 1.165) is 18.9 Å². The summed E-state index contributed by atoms with van der Waals surface area (Å²) in [6.45, 7) is 11.2. The molecule has 0 unspecified atom stereocenters. The largest absolute Gasteiger partial charge is 0.370 e. The van der Waals surface area contributed by atoms with Crippen molar-refractivity contribution >= 4 is 5.82 Å². The Morgan fingerprint density at radius 2 is 2.00 bits per heavy atom. The maximum atomic E-state index is 4.66. The Kier molecular flexibility index (Phi) is 4.81. The van der Waals surface area contributed by atoms with Crippen molar-refractivity contribution in [2.24, 2.45) is 5.41 Å². The predicted octanol–water partition coefficient (Wildman–Crippen LogP) is 3.53. The first-order valence-corrected chi connectivity index (χ1v) is 7.57. The molecule has 0 amide bonds. The summed E-state index contributed by atoms with van der Waals surface area (Å²) < 4.78 is 0. The van der Waals surface area contributed by atoms with Gasteiger partial charge in [0.15, 0.2) is 0 Å². The van der Waals surface area contributed by atoms with Crippen molar-refractivity contribution in [3.8, 4) is 0 Å². The Morgan fingerprint density at radius 3 is 2.63 bits per heavy atom. The molecule has 0 radical (unpaired) electrons. The average Bonchev–Trinajstić information content (AvgIpc) is 2.43. The van der Waals surface area contributed by atoms with Crippen LogP contribution in [0, 0.1) is 5.41 Å². The van der Waals surface area contributed by atoms with Crippen LogP contribution in [0.5, 0.6) is 0 Å². The second-order valence-corrected chi connectivity index (χ2v) is 5.98. The summed E-state index contributed by atoms with van der Waals surface area (Å²) in [5.41, 5.74) is 1.74. The molecule has 1 aliphatic heterocycles. The van der Waals surface area contributed by atoms with E-state index in [4.69, 9.17) is 0 Å². The molecule has 0 spiro atoms. The predicted molar refractivity (Wildman–Crippen MR) is 81.3 cm³/mol. The Hall–Kier alpha value is -1.09. The number of nitrogens with zero attached hydrogens (tertiary/aromatic N) is 2. The van der Waals surface area contributed by atoms with Gasteiger partial charge in [-0.2, -0.15) is 0 Å². The molecule has 1 N–H and O–H groups in total. The van der Waals surface area contributed by atoms with Gasteiger partial charge < -0.3 is 5.32 Å². The highest BCUT2D eigenvalue weighted by atomic mass is 15.1. The molecule has 1 fully saturated rings. The monoisotopic (exact) mass is 261 g/mol. The molecule has 3 heteroatoms. The minimum absolute atomic E-state index is 0.565. The van der Waals surface area contributed by atoms with Gasteiger partial charge in [0.05, 0.1) is 5.69 Å². The second-order valence-electron chi connectivity index (χ2n) is 5.98. The number of hydrogen-bond donors (Lipinski definition) is 1.